The lowest BCUT2D eigenvalue weighted by molar-refractivity contribution is -0.126. The van der Waals surface area contributed by atoms with Gasteiger partial charge in [-0.2, -0.15) is 0 Å². The lowest BCUT2D eigenvalue weighted by Gasteiger charge is -2.18. The highest BCUT2D eigenvalue weighted by atomic mass is 16.2. The average Bonchev–Trinajstić information content (AvgIpc) is 2.68. The van der Waals surface area contributed by atoms with Crippen LogP contribution in [-0.2, 0) is 9.59 Å². The number of nitrogens with one attached hydrogen (secondary N) is 1. The Balaban J connectivity index is 2.13. The third kappa shape index (κ3) is 3.00. The van der Waals surface area contributed by atoms with E-state index in [0.717, 1.165) is 30.6 Å². The number of benzene rings is 1. The van der Waals surface area contributed by atoms with Crippen LogP contribution in [0.1, 0.15) is 51.1 Å². The maximum absolute atomic E-state index is 12.5. The third-order valence-corrected chi connectivity index (χ3v) is 3.63. The Hall–Kier alpha value is -1.84. The first kappa shape index (κ1) is 14.6. The summed E-state index contributed by atoms with van der Waals surface area (Å²) < 4.78 is 0. The summed E-state index contributed by atoms with van der Waals surface area (Å²) in [5, 5.41) is 2.75. The minimum atomic E-state index is -0.519. The second-order valence-electron chi connectivity index (χ2n) is 5.24. The highest BCUT2D eigenvalue weighted by Crippen LogP contribution is 2.35. The number of unbranched alkanes of at least 4 members (excludes halogenated alkanes) is 3. The molecule has 4 nitrogen and oxygen atoms in total. The smallest absolute Gasteiger partial charge is 0.254 e. The first-order valence-electron chi connectivity index (χ1n) is 7.32. The molecule has 0 radical (unpaired) electrons. The highest BCUT2D eigenvalue weighted by Gasteiger charge is 2.36. The molecule has 1 aromatic carbocycles. The standard InChI is InChI=1S/C16H22N2O2/c1-3-4-5-8-11-18-14-10-7-6-9-13(14)15(16(18)20)17-12(2)19/h6-7,9-10,15H,3-5,8,11H2,1-2H3,(H,17,19). The minimum absolute atomic E-state index is 0.0158. The molecule has 2 amide bonds. The number of para-hydroxylation sites is 1. The SMILES string of the molecule is CCCCCCN1C(=O)C(NC(C)=O)c2ccccc21. The third-order valence-electron chi connectivity index (χ3n) is 3.63. The second kappa shape index (κ2) is 6.55. The van der Waals surface area contributed by atoms with Crippen molar-refractivity contribution < 1.29 is 9.59 Å². The fourth-order valence-electron chi connectivity index (χ4n) is 2.66. The van der Waals surface area contributed by atoms with Crippen LogP contribution in [0.3, 0.4) is 0 Å². The summed E-state index contributed by atoms with van der Waals surface area (Å²) in [7, 11) is 0. The summed E-state index contributed by atoms with van der Waals surface area (Å²) in [4.78, 5) is 25.6. The number of amides is 2. The van der Waals surface area contributed by atoms with E-state index >= 15 is 0 Å². The Kier molecular flexibility index (Phi) is 4.77. The van der Waals surface area contributed by atoms with Gasteiger partial charge in [-0.25, -0.2) is 0 Å². The van der Waals surface area contributed by atoms with Crippen LogP contribution in [0, 0.1) is 0 Å². The maximum atomic E-state index is 12.5. The molecule has 0 saturated carbocycles. The second-order valence-corrected chi connectivity index (χ2v) is 5.24. The van der Waals surface area contributed by atoms with Gasteiger partial charge in [0.1, 0.15) is 6.04 Å². The Bertz CT molecular complexity index is 499. The molecular formula is C16H22N2O2. The number of fused-ring (bicyclic) bond motifs is 1. The number of nitrogens with zero attached hydrogens (tertiary/aromatic N) is 1. The Morgan fingerprint density at radius 2 is 2.00 bits per heavy atom. The van der Waals surface area contributed by atoms with Gasteiger partial charge in [0.05, 0.1) is 0 Å². The van der Waals surface area contributed by atoms with E-state index in [9.17, 15) is 9.59 Å². The van der Waals surface area contributed by atoms with Crippen LogP contribution in [0.4, 0.5) is 5.69 Å². The van der Waals surface area contributed by atoms with Crippen molar-refractivity contribution in [3.63, 3.8) is 0 Å². The van der Waals surface area contributed by atoms with Gasteiger partial charge in [0.25, 0.3) is 5.91 Å². The molecule has 1 aliphatic heterocycles. The normalized spacial score (nSPS) is 17.2. The molecule has 0 aromatic heterocycles. The number of hydrogen-bond donors (Lipinski definition) is 1. The van der Waals surface area contributed by atoms with Gasteiger partial charge in [0, 0.05) is 24.7 Å². The van der Waals surface area contributed by atoms with E-state index in [1.54, 1.807) is 0 Å². The van der Waals surface area contributed by atoms with E-state index in [1.165, 1.54) is 19.8 Å². The lowest BCUT2D eigenvalue weighted by Crippen LogP contribution is -2.37. The fraction of sp³-hybridized carbons (Fsp3) is 0.500. The monoisotopic (exact) mass is 274 g/mol. The minimum Gasteiger partial charge on any atom is -0.341 e. The molecule has 1 aromatic rings. The summed E-state index contributed by atoms with van der Waals surface area (Å²) in [6, 6.07) is 7.19. The number of hydrogen-bond acceptors (Lipinski definition) is 2. The van der Waals surface area contributed by atoms with Gasteiger partial charge in [-0.3, -0.25) is 9.59 Å². The highest BCUT2D eigenvalue weighted by molar-refractivity contribution is 6.06. The number of anilines is 1. The van der Waals surface area contributed by atoms with Gasteiger partial charge in [-0.05, 0) is 12.5 Å². The fourth-order valence-corrected chi connectivity index (χ4v) is 2.66. The molecule has 20 heavy (non-hydrogen) atoms. The predicted molar refractivity (Wildman–Crippen MR) is 79.5 cm³/mol. The van der Waals surface area contributed by atoms with Gasteiger partial charge < -0.3 is 10.2 Å². The summed E-state index contributed by atoms with van der Waals surface area (Å²) in [6.07, 6.45) is 4.51. The molecule has 108 valence electrons. The molecule has 0 spiro atoms. The summed E-state index contributed by atoms with van der Waals surface area (Å²) in [5.74, 6) is -0.191. The molecule has 0 saturated heterocycles. The zero-order chi connectivity index (χ0) is 14.5. The zero-order valence-corrected chi connectivity index (χ0v) is 12.2. The lowest BCUT2D eigenvalue weighted by atomic mass is 10.1. The first-order valence-corrected chi connectivity index (χ1v) is 7.32. The molecule has 1 aliphatic rings. The van der Waals surface area contributed by atoms with E-state index < -0.39 is 6.04 Å². The quantitative estimate of drug-likeness (QED) is 0.811. The largest absolute Gasteiger partial charge is 0.341 e. The van der Waals surface area contributed by atoms with Gasteiger partial charge >= 0.3 is 0 Å². The van der Waals surface area contributed by atoms with Crippen molar-refractivity contribution in [3.05, 3.63) is 29.8 Å². The van der Waals surface area contributed by atoms with Crippen LogP contribution < -0.4 is 10.2 Å². The van der Waals surface area contributed by atoms with Crippen LogP contribution in [0.15, 0.2) is 24.3 Å². The molecule has 2 rings (SSSR count). The first-order chi connectivity index (χ1) is 9.65. The van der Waals surface area contributed by atoms with Crippen molar-refractivity contribution >= 4 is 17.5 Å². The molecule has 0 bridgehead atoms. The van der Waals surface area contributed by atoms with Crippen LogP contribution in [-0.4, -0.2) is 18.4 Å². The summed E-state index contributed by atoms with van der Waals surface area (Å²) >= 11 is 0. The maximum Gasteiger partial charge on any atom is 0.254 e. The summed E-state index contributed by atoms with van der Waals surface area (Å²) in [6.45, 7) is 4.34. The molecular weight excluding hydrogens is 252 g/mol. The van der Waals surface area contributed by atoms with Crippen molar-refractivity contribution in [3.8, 4) is 0 Å². The van der Waals surface area contributed by atoms with E-state index in [1.807, 2.05) is 29.2 Å². The van der Waals surface area contributed by atoms with Crippen LogP contribution in [0.25, 0.3) is 0 Å². The van der Waals surface area contributed by atoms with Crippen LogP contribution in [0.2, 0.25) is 0 Å². The van der Waals surface area contributed by atoms with Gasteiger partial charge in [-0.15, -0.1) is 0 Å². The zero-order valence-electron chi connectivity index (χ0n) is 12.2. The summed E-state index contributed by atoms with van der Waals surface area (Å²) in [5.41, 5.74) is 1.84. The van der Waals surface area contributed by atoms with Crippen LogP contribution in [0.5, 0.6) is 0 Å². The van der Waals surface area contributed by atoms with Crippen molar-refractivity contribution in [1.29, 1.82) is 0 Å². The average molecular weight is 274 g/mol. The van der Waals surface area contributed by atoms with Crippen molar-refractivity contribution in [2.75, 3.05) is 11.4 Å². The van der Waals surface area contributed by atoms with Gasteiger partial charge in [0.2, 0.25) is 5.91 Å². The van der Waals surface area contributed by atoms with E-state index in [-0.39, 0.29) is 11.8 Å². The van der Waals surface area contributed by atoms with Crippen molar-refractivity contribution in [2.24, 2.45) is 0 Å². The molecule has 1 heterocycles. The van der Waals surface area contributed by atoms with Crippen molar-refractivity contribution in [2.45, 2.75) is 45.6 Å². The van der Waals surface area contributed by atoms with E-state index in [0.29, 0.717) is 0 Å². The Morgan fingerprint density at radius 1 is 1.25 bits per heavy atom. The number of carbonyl (C=O) groups excluding carboxylic acids is 2. The Labute approximate surface area is 120 Å². The van der Waals surface area contributed by atoms with E-state index in [4.69, 9.17) is 0 Å². The van der Waals surface area contributed by atoms with Crippen LogP contribution >= 0.6 is 0 Å². The molecule has 4 heteroatoms. The topological polar surface area (TPSA) is 49.4 Å². The predicted octanol–water partition coefficient (Wildman–Crippen LogP) is 2.79. The molecule has 1 N–H and O–H groups in total. The molecule has 0 fully saturated rings. The van der Waals surface area contributed by atoms with Gasteiger partial charge in [-0.1, -0.05) is 44.4 Å². The molecule has 0 aliphatic carbocycles. The number of rotatable bonds is 6. The molecule has 1 unspecified atom stereocenters. The number of carbonyl (C=O) groups is 2. The van der Waals surface area contributed by atoms with Crippen molar-refractivity contribution in [1.82, 2.24) is 5.32 Å². The molecule has 1 atom stereocenters. The Morgan fingerprint density at radius 3 is 2.70 bits per heavy atom. The van der Waals surface area contributed by atoms with E-state index in [2.05, 4.69) is 12.2 Å². The van der Waals surface area contributed by atoms with Gasteiger partial charge in [0.15, 0.2) is 0 Å².